The maximum absolute atomic E-state index is 12.3. The van der Waals surface area contributed by atoms with Crippen molar-refractivity contribution in [1.29, 1.82) is 0 Å². The number of nitrogens with zero attached hydrogens (tertiary/aromatic N) is 1. The van der Waals surface area contributed by atoms with E-state index < -0.39 is 0 Å². The highest BCUT2D eigenvalue weighted by Crippen LogP contribution is 2.16. The number of methoxy groups -OCH3 is 1. The van der Waals surface area contributed by atoms with E-state index in [1.807, 2.05) is 37.3 Å². The first-order chi connectivity index (χ1) is 12.6. The van der Waals surface area contributed by atoms with Crippen molar-refractivity contribution in [3.63, 3.8) is 0 Å². The summed E-state index contributed by atoms with van der Waals surface area (Å²) in [6.07, 6.45) is -0.189. The molecule has 6 nitrogen and oxygen atoms in total. The molecule has 0 saturated carbocycles. The fourth-order valence-electron chi connectivity index (χ4n) is 2.44. The zero-order valence-electron chi connectivity index (χ0n) is 15.1. The SMILES string of the molecule is CCN(C(=O)CC(=O)NCCOc1ccc(OC)cc1)c1ccccc1. The van der Waals surface area contributed by atoms with Crippen LogP contribution in [0.4, 0.5) is 5.69 Å². The normalized spacial score (nSPS) is 10.1. The Hall–Kier alpha value is -3.02. The number of carbonyl (C=O) groups excluding carboxylic acids is 2. The van der Waals surface area contributed by atoms with E-state index in [9.17, 15) is 9.59 Å². The smallest absolute Gasteiger partial charge is 0.236 e. The van der Waals surface area contributed by atoms with Gasteiger partial charge in [-0.15, -0.1) is 0 Å². The van der Waals surface area contributed by atoms with Crippen molar-refractivity contribution in [2.45, 2.75) is 13.3 Å². The molecule has 2 aromatic carbocycles. The summed E-state index contributed by atoms with van der Waals surface area (Å²) in [5, 5.41) is 2.70. The highest BCUT2D eigenvalue weighted by atomic mass is 16.5. The average molecular weight is 356 g/mol. The molecular weight excluding hydrogens is 332 g/mol. The van der Waals surface area contributed by atoms with E-state index in [-0.39, 0.29) is 18.2 Å². The van der Waals surface area contributed by atoms with Crippen molar-refractivity contribution in [3.8, 4) is 11.5 Å². The molecule has 0 bridgehead atoms. The van der Waals surface area contributed by atoms with Gasteiger partial charge in [0.2, 0.25) is 11.8 Å². The number of carbonyl (C=O) groups is 2. The van der Waals surface area contributed by atoms with Crippen molar-refractivity contribution >= 4 is 17.5 Å². The largest absolute Gasteiger partial charge is 0.497 e. The Labute approximate surface area is 153 Å². The van der Waals surface area contributed by atoms with Crippen LogP contribution in [0, 0.1) is 0 Å². The summed E-state index contributed by atoms with van der Waals surface area (Å²) in [5.41, 5.74) is 0.788. The Bertz CT molecular complexity index is 702. The number of hydrogen-bond donors (Lipinski definition) is 1. The first-order valence-electron chi connectivity index (χ1n) is 8.53. The highest BCUT2D eigenvalue weighted by molar-refractivity contribution is 6.04. The molecule has 0 atom stereocenters. The predicted molar refractivity (Wildman–Crippen MR) is 101 cm³/mol. The molecule has 0 aromatic heterocycles. The number of benzene rings is 2. The maximum Gasteiger partial charge on any atom is 0.236 e. The first kappa shape index (κ1) is 19.3. The second kappa shape index (κ2) is 10.1. The molecule has 26 heavy (non-hydrogen) atoms. The van der Waals surface area contributed by atoms with E-state index in [4.69, 9.17) is 9.47 Å². The third kappa shape index (κ3) is 5.81. The standard InChI is InChI=1S/C20H24N2O4/c1-3-22(16-7-5-4-6-8-16)20(24)15-19(23)21-13-14-26-18-11-9-17(25-2)10-12-18/h4-12H,3,13-15H2,1-2H3,(H,21,23). The van der Waals surface area contributed by atoms with Gasteiger partial charge in [-0.05, 0) is 43.3 Å². The van der Waals surface area contributed by atoms with Crippen LogP contribution in [-0.2, 0) is 9.59 Å². The van der Waals surface area contributed by atoms with Gasteiger partial charge >= 0.3 is 0 Å². The molecule has 2 amide bonds. The minimum atomic E-state index is -0.317. The topological polar surface area (TPSA) is 67.9 Å². The van der Waals surface area contributed by atoms with Crippen molar-refractivity contribution in [2.24, 2.45) is 0 Å². The van der Waals surface area contributed by atoms with Gasteiger partial charge in [0.25, 0.3) is 0 Å². The summed E-state index contributed by atoms with van der Waals surface area (Å²) in [5.74, 6) is 0.899. The van der Waals surface area contributed by atoms with Crippen LogP contribution in [0.5, 0.6) is 11.5 Å². The molecule has 2 aromatic rings. The van der Waals surface area contributed by atoms with Gasteiger partial charge in [-0.3, -0.25) is 9.59 Å². The zero-order valence-corrected chi connectivity index (χ0v) is 15.1. The summed E-state index contributed by atoms with van der Waals surface area (Å²) in [7, 11) is 1.60. The van der Waals surface area contributed by atoms with Gasteiger partial charge in [-0.25, -0.2) is 0 Å². The molecule has 0 aliphatic heterocycles. The predicted octanol–water partition coefficient (Wildman–Crippen LogP) is 2.63. The molecule has 0 aliphatic carbocycles. The van der Waals surface area contributed by atoms with E-state index >= 15 is 0 Å². The number of anilines is 1. The Morgan fingerprint density at radius 2 is 1.65 bits per heavy atom. The molecular formula is C20H24N2O4. The molecule has 0 aliphatic rings. The molecule has 0 radical (unpaired) electrons. The minimum absolute atomic E-state index is 0.189. The number of para-hydroxylation sites is 1. The highest BCUT2D eigenvalue weighted by Gasteiger charge is 2.17. The average Bonchev–Trinajstić information content (AvgIpc) is 2.67. The van der Waals surface area contributed by atoms with E-state index in [1.165, 1.54) is 0 Å². The third-order valence-corrected chi connectivity index (χ3v) is 3.75. The quantitative estimate of drug-likeness (QED) is 0.554. The summed E-state index contributed by atoms with van der Waals surface area (Å²) >= 11 is 0. The van der Waals surface area contributed by atoms with Crippen LogP contribution >= 0.6 is 0 Å². The number of rotatable bonds is 9. The van der Waals surface area contributed by atoms with Gasteiger partial charge in [0.05, 0.1) is 13.7 Å². The van der Waals surface area contributed by atoms with Gasteiger partial charge in [0.15, 0.2) is 0 Å². The second-order valence-electron chi connectivity index (χ2n) is 5.52. The molecule has 0 heterocycles. The van der Waals surface area contributed by atoms with Crippen LogP contribution < -0.4 is 19.7 Å². The summed E-state index contributed by atoms with van der Waals surface area (Å²) < 4.78 is 10.6. The van der Waals surface area contributed by atoms with Gasteiger partial charge in [-0.1, -0.05) is 18.2 Å². The monoisotopic (exact) mass is 356 g/mol. The van der Waals surface area contributed by atoms with Crippen LogP contribution in [0.2, 0.25) is 0 Å². The number of hydrogen-bond acceptors (Lipinski definition) is 4. The minimum Gasteiger partial charge on any atom is -0.497 e. The molecule has 2 rings (SSSR count). The zero-order chi connectivity index (χ0) is 18.8. The fraction of sp³-hybridized carbons (Fsp3) is 0.300. The molecule has 0 unspecified atom stereocenters. The fourth-order valence-corrected chi connectivity index (χ4v) is 2.44. The Balaban J connectivity index is 1.72. The van der Waals surface area contributed by atoms with Crippen molar-refractivity contribution in [1.82, 2.24) is 5.32 Å². The molecule has 6 heteroatoms. The van der Waals surface area contributed by atoms with Crippen molar-refractivity contribution < 1.29 is 19.1 Å². The lowest BCUT2D eigenvalue weighted by molar-refractivity contribution is -0.128. The molecule has 1 N–H and O–H groups in total. The van der Waals surface area contributed by atoms with Crippen molar-refractivity contribution in [3.05, 3.63) is 54.6 Å². The van der Waals surface area contributed by atoms with Crippen LogP contribution in [0.25, 0.3) is 0 Å². The lowest BCUT2D eigenvalue weighted by Crippen LogP contribution is -2.36. The molecule has 0 fully saturated rings. The molecule has 0 saturated heterocycles. The van der Waals surface area contributed by atoms with Crippen LogP contribution in [-0.4, -0.2) is 38.6 Å². The van der Waals surface area contributed by atoms with Gasteiger partial charge < -0.3 is 19.7 Å². The Morgan fingerprint density at radius 3 is 2.27 bits per heavy atom. The van der Waals surface area contributed by atoms with Gasteiger partial charge in [-0.2, -0.15) is 0 Å². The van der Waals surface area contributed by atoms with Crippen molar-refractivity contribution in [2.75, 3.05) is 31.7 Å². The number of ether oxygens (including phenoxy) is 2. The molecule has 0 spiro atoms. The Morgan fingerprint density at radius 1 is 1.00 bits per heavy atom. The lowest BCUT2D eigenvalue weighted by Gasteiger charge is -2.20. The van der Waals surface area contributed by atoms with Gasteiger partial charge in [0, 0.05) is 12.2 Å². The van der Waals surface area contributed by atoms with Crippen LogP contribution in [0.3, 0.4) is 0 Å². The van der Waals surface area contributed by atoms with E-state index in [0.29, 0.717) is 25.4 Å². The van der Waals surface area contributed by atoms with E-state index in [1.54, 1.807) is 36.3 Å². The second-order valence-corrected chi connectivity index (χ2v) is 5.52. The van der Waals surface area contributed by atoms with Gasteiger partial charge in [0.1, 0.15) is 24.5 Å². The number of nitrogens with one attached hydrogen (secondary N) is 1. The van der Waals surface area contributed by atoms with Crippen LogP contribution in [0.15, 0.2) is 54.6 Å². The Kier molecular flexibility index (Phi) is 7.49. The first-order valence-corrected chi connectivity index (χ1v) is 8.53. The summed E-state index contributed by atoms with van der Waals surface area (Å²) in [6.45, 7) is 3.04. The van der Waals surface area contributed by atoms with E-state index in [2.05, 4.69) is 5.32 Å². The third-order valence-electron chi connectivity index (χ3n) is 3.75. The van der Waals surface area contributed by atoms with E-state index in [0.717, 1.165) is 11.4 Å². The summed E-state index contributed by atoms with van der Waals surface area (Å²) in [4.78, 5) is 25.9. The number of amides is 2. The summed E-state index contributed by atoms with van der Waals surface area (Å²) in [6, 6.07) is 16.5. The van der Waals surface area contributed by atoms with Crippen LogP contribution in [0.1, 0.15) is 13.3 Å². The molecule has 138 valence electrons. The maximum atomic E-state index is 12.3. The lowest BCUT2D eigenvalue weighted by atomic mass is 10.2.